The van der Waals surface area contributed by atoms with Crippen molar-refractivity contribution in [1.82, 2.24) is 5.32 Å². The number of aryl methyl sites for hydroxylation is 1. The van der Waals surface area contributed by atoms with Crippen molar-refractivity contribution in [2.24, 2.45) is 11.3 Å². The van der Waals surface area contributed by atoms with Gasteiger partial charge in [0.1, 0.15) is 0 Å². The first kappa shape index (κ1) is 14.1. The van der Waals surface area contributed by atoms with Crippen LogP contribution in [0.1, 0.15) is 31.4 Å². The summed E-state index contributed by atoms with van der Waals surface area (Å²) in [7, 11) is 0. The van der Waals surface area contributed by atoms with E-state index < -0.39 is 0 Å². The van der Waals surface area contributed by atoms with Crippen LogP contribution in [0.3, 0.4) is 0 Å². The summed E-state index contributed by atoms with van der Waals surface area (Å²) in [5.41, 5.74) is 2.43. The fourth-order valence-corrected chi connectivity index (χ4v) is 2.45. The highest BCUT2D eigenvalue weighted by molar-refractivity contribution is 5.79. The number of hydrogen-bond donors (Lipinski definition) is 2. The number of fused-ring (bicyclic) bond motifs is 1. The fourth-order valence-electron chi connectivity index (χ4n) is 2.45. The van der Waals surface area contributed by atoms with E-state index in [-0.39, 0.29) is 23.8 Å². The lowest BCUT2D eigenvalue weighted by atomic mass is 9.83. The number of nitrogens with one attached hydrogen (secondary N) is 1. The summed E-state index contributed by atoms with van der Waals surface area (Å²) in [6.45, 7) is 4.51. The first-order valence-electron chi connectivity index (χ1n) is 6.97. The minimum absolute atomic E-state index is 0.0735. The fraction of sp³-hybridized carbons (Fsp3) is 0.562. The molecule has 1 unspecified atom stereocenters. The molecular formula is C16H23NO2. The Labute approximate surface area is 115 Å². The number of amides is 1. The maximum absolute atomic E-state index is 12.2. The Morgan fingerprint density at radius 3 is 2.74 bits per heavy atom. The van der Waals surface area contributed by atoms with Crippen molar-refractivity contribution in [2.75, 3.05) is 13.2 Å². The molecule has 0 saturated heterocycles. The number of aliphatic hydroxyl groups excluding tert-OH is 1. The third kappa shape index (κ3) is 3.57. The van der Waals surface area contributed by atoms with E-state index in [2.05, 4.69) is 23.5 Å². The zero-order valence-corrected chi connectivity index (χ0v) is 11.8. The van der Waals surface area contributed by atoms with Gasteiger partial charge in [-0.05, 0) is 30.4 Å². The van der Waals surface area contributed by atoms with Crippen molar-refractivity contribution < 1.29 is 9.90 Å². The van der Waals surface area contributed by atoms with Crippen molar-refractivity contribution >= 4 is 5.91 Å². The van der Waals surface area contributed by atoms with E-state index in [1.54, 1.807) is 0 Å². The zero-order chi connectivity index (χ0) is 13.9. The number of aliphatic hydroxyl groups is 1. The second-order valence-corrected chi connectivity index (χ2v) is 6.25. The van der Waals surface area contributed by atoms with Gasteiger partial charge in [-0.1, -0.05) is 38.1 Å². The number of hydrogen-bond acceptors (Lipinski definition) is 2. The summed E-state index contributed by atoms with van der Waals surface area (Å²) in [5.74, 6) is 0.195. The van der Waals surface area contributed by atoms with Gasteiger partial charge in [0.05, 0.1) is 0 Å². The Bertz CT molecular complexity index is 454. The third-order valence-corrected chi connectivity index (χ3v) is 3.89. The van der Waals surface area contributed by atoms with Gasteiger partial charge >= 0.3 is 0 Å². The van der Waals surface area contributed by atoms with E-state index in [0.717, 1.165) is 19.3 Å². The van der Waals surface area contributed by atoms with Gasteiger partial charge in [-0.15, -0.1) is 0 Å². The van der Waals surface area contributed by atoms with Gasteiger partial charge in [-0.25, -0.2) is 0 Å². The number of rotatable bonds is 4. The Kier molecular flexibility index (Phi) is 4.25. The molecule has 0 spiro atoms. The van der Waals surface area contributed by atoms with E-state index in [9.17, 15) is 9.90 Å². The van der Waals surface area contributed by atoms with E-state index in [0.29, 0.717) is 6.54 Å². The number of carbonyl (C=O) groups excluding carboxylic acids is 1. The van der Waals surface area contributed by atoms with Crippen molar-refractivity contribution in [3.8, 4) is 0 Å². The van der Waals surface area contributed by atoms with Crippen LogP contribution in [0.4, 0.5) is 0 Å². The quantitative estimate of drug-likeness (QED) is 0.870. The maximum atomic E-state index is 12.2. The smallest absolute Gasteiger partial charge is 0.223 e. The van der Waals surface area contributed by atoms with Crippen molar-refractivity contribution in [1.29, 1.82) is 0 Å². The van der Waals surface area contributed by atoms with Crippen LogP contribution in [0, 0.1) is 11.3 Å². The lowest BCUT2D eigenvalue weighted by molar-refractivity contribution is -0.125. The molecule has 0 bridgehead atoms. The SMILES string of the molecule is CC(C)(CO)CNC(=O)C1CCc2ccccc2C1. The molecule has 0 fully saturated rings. The summed E-state index contributed by atoms with van der Waals surface area (Å²) >= 11 is 0. The van der Waals surface area contributed by atoms with E-state index in [4.69, 9.17) is 0 Å². The van der Waals surface area contributed by atoms with Crippen LogP contribution < -0.4 is 5.32 Å². The second kappa shape index (κ2) is 5.74. The molecule has 104 valence electrons. The molecule has 1 atom stereocenters. The molecule has 19 heavy (non-hydrogen) atoms. The predicted octanol–water partition coefficient (Wildman–Crippen LogP) is 1.93. The van der Waals surface area contributed by atoms with Crippen LogP contribution in [-0.2, 0) is 17.6 Å². The van der Waals surface area contributed by atoms with E-state index in [1.165, 1.54) is 11.1 Å². The summed E-state index contributed by atoms with van der Waals surface area (Å²) in [6.07, 6.45) is 2.74. The Hall–Kier alpha value is -1.35. The Balaban J connectivity index is 1.92. The normalized spacial score (nSPS) is 18.8. The number of benzene rings is 1. The summed E-state index contributed by atoms with van der Waals surface area (Å²) in [5, 5.41) is 12.2. The molecule has 0 heterocycles. The topological polar surface area (TPSA) is 49.3 Å². The number of carbonyl (C=O) groups is 1. The minimum atomic E-state index is -0.248. The summed E-state index contributed by atoms with van der Waals surface area (Å²) < 4.78 is 0. The summed E-state index contributed by atoms with van der Waals surface area (Å²) in [6, 6.07) is 8.36. The van der Waals surface area contributed by atoms with Crippen LogP contribution in [-0.4, -0.2) is 24.2 Å². The Morgan fingerprint density at radius 1 is 1.37 bits per heavy atom. The highest BCUT2D eigenvalue weighted by Crippen LogP contribution is 2.25. The first-order valence-corrected chi connectivity index (χ1v) is 6.97. The monoisotopic (exact) mass is 261 g/mol. The molecule has 1 amide bonds. The van der Waals surface area contributed by atoms with Crippen LogP contribution >= 0.6 is 0 Å². The van der Waals surface area contributed by atoms with Gasteiger partial charge in [0.25, 0.3) is 0 Å². The lowest BCUT2D eigenvalue weighted by Crippen LogP contribution is -2.40. The molecule has 2 N–H and O–H groups in total. The van der Waals surface area contributed by atoms with Crippen molar-refractivity contribution in [3.63, 3.8) is 0 Å². The first-order chi connectivity index (χ1) is 9.02. The minimum Gasteiger partial charge on any atom is -0.396 e. The van der Waals surface area contributed by atoms with E-state index in [1.807, 2.05) is 19.9 Å². The molecule has 3 heteroatoms. The largest absolute Gasteiger partial charge is 0.396 e. The van der Waals surface area contributed by atoms with E-state index >= 15 is 0 Å². The van der Waals surface area contributed by atoms with Crippen LogP contribution in [0.2, 0.25) is 0 Å². The molecule has 2 rings (SSSR count). The average Bonchev–Trinajstić information content (AvgIpc) is 2.44. The zero-order valence-electron chi connectivity index (χ0n) is 11.8. The van der Waals surface area contributed by atoms with Gasteiger partial charge in [0, 0.05) is 24.5 Å². The van der Waals surface area contributed by atoms with Gasteiger partial charge < -0.3 is 10.4 Å². The molecule has 3 nitrogen and oxygen atoms in total. The molecule has 1 aliphatic carbocycles. The van der Waals surface area contributed by atoms with Crippen LogP contribution in [0.15, 0.2) is 24.3 Å². The van der Waals surface area contributed by atoms with Crippen LogP contribution in [0.5, 0.6) is 0 Å². The van der Waals surface area contributed by atoms with Gasteiger partial charge in [-0.2, -0.15) is 0 Å². The molecule has 0 aliphatic heterocycles. The second-order valence-electron chi connectivity index (χ2n) is 6.25. The average molecular weight is 261 g/mol. The molecule has 0 saturated carbocycles. The molecule has 0 radical (unpaired) electrons. The van der Waals surface area contributed by atoms with Crippen molar-refractivity contribution in [3.05, 3.63) is 35.4 Å². The predicted molar refractivity (Wildman–Crippen MR) is 75.8 cm³/mol. The molecule has 1 aromatic carbocycles. The van der Waals surface area contributed by atoms with Gasteiger partial charge in [-0.3, -0.25) is 4.79 Å². The lowest BCUT2D eigenvalue weighted by Gasteiger charge is -2.27. The van der Waals surface area contributed by atoms with Gasteiger partial charge in [0.15, 0.2) is 0 Å². The standard InChI is InChI=1S/C16H23NO2/c1-16(2,11-18)10-17-15(19)14-8-7-12-5-3-4-6-13(12)9-14/h3-6,14,18H,7-11H2,1-2H3,(H,17,19). The van der Waals surface area contributed by atoms with Crippen LogP contribution in [0.25, 0.3) is 0 Å². The third-order valence-electron chi connectivity index (χ3n) is 3.89. The van der Waals surface area contributed by atoms with Crippen molar-refractivity contribution in [2.45, 2.75) is 33.1 Å². The highest BCUT2D eigenvalue weighted by atomic mass is 16.3. The Morgan fingerprint density at radius 2 is 2.05 bits per heavy atom. The molecule has 0 aromatic heterocycles. The molecule has 1 aromatic rings. The molecule has 1 aliphatic rings. The maximum Gasteiger partial charge on any atom is 0.223 e. The highest BCUT2D eigenvalue weighted by Gasteiger charge is 2.26. The molecular weight excluding hydrogens is 238 g/mol. The summed E-state index contributed by atoms with van der Waals surface area (Å²) in [4.78, 5) is 12.2. The van der Waals surface area contributed by atoms with Gasteiger partial charge in [0.2, 0.25) is 5.91 Å².